The number of benzene rings is 4. The van der Waals surface area contributed by atoms with Gasteiger partial charge in [0.05, 0.1) is 4.90 Å². The third kappa shape index (κ3) is 6.43. The Morgan fingerprint density at radius 1 is 0.825 bits per heavy atom. The lowest BCUT2D eigenvalue weighted by Crippen LogP contribution is -2.54. The third-order valence-electron chi connectivity index (χ3n) is 7.51. The summed E-state index contributed by atoms with van der Waals surface area (Å²) in [5.74, 6) is -0.222. The van der Waals surface area contributed by atoms with Crippen molar-refractivity contribution < 1.29 is 13.2 Å². The highest BCUT2D eigenvalue weighted by molar-refractivity contribution is 7.90. The van der Waals surface area contributed by atoms with Crippen molar-refractivity contribution in [1.82, 2.24) is 9.62 Å². The minimum Gasteiger partial charge on any atom is -0.369 e. The van der Waals surface area contributed by atoms with Crippen LogP contribution in [0.2, 0.25) is 0 Å². The van der Waals surface area contributed by atoms with Crippen molar-refractivity contribution in [3.63, 3.8) is 0 Å². The van der Waals surface area contributed by atoms with E-state index in [0.29, 0.717) is 17.5 Å². The van der Waals surface area contributed by atoms with Crippen molar-refractivity contribution in [2.75, 3.05) is 24.5 Å². The Kier molecular flexibility index (Phi) is 8.33. The number of piperazine rings is 1. The average molecular weight is 554 g/mol. The molecular formula is C33H35N3O3S. The van der Waals surface area contributed by atoms with Gasteiger partial charge in [-0.15, -0.1) is 0 Å². The van der Waals surface area contributed by atoms with Gasteiger partial charge in [0.15, 0.2) is 0 Å². The molecule has 1 unspecified atom stereocenters. The molecule has 1 aliphatic heterocycles. The van der Waals surface area contributed by atoms with E-state index in [1.165, 1.54) is 22.8 Å². The fourth-order valence-electron chi connectivity index (χ4n) is 5.26. The second-order valence-electron chi connectivity index (χ2n) is 10.6. The summed E-state index contributed by atoms with van der Waals surface area (Å²) in [6.45, 7) is 7.78. The van der Waals surface area contributed by atoms with E-state index in [1.54, 1.807) is 42.5 Å². The molecule has 0 radical (unpaired) electrons. The maximum atomic E-state index is 13.0. The molecule has 0 spiro atoms. The molecule has 6 nitrogen and oxygen atoms in total. The largest absolute Gasteiger partial charge is 0.369 e. The van der Waals surface area contributed by atoms with E-state index in [-0.39, 0.29) is 4.90 Å². The van der Waals surface area contributed by atoms with Crippen molar-refractivity contribution in [3.05, 3.63) is 120 Å². The number of rotatable bonds is 8. The SMILES string of the molecule is CC(C)C1CN(c2cccc(S(=O)(=O)NC(=O)c3ccccc3)c2)CCN1Cc1ccc(-c2ccccc2)cc1. The fraction of sp³-hybridized carbons (Fsp3) is 0.242. The zero-order valence-electron chi connectivity index (χ0n) is 22.9. The monoisotopic (exact) mass is 553 g/mol. The van der Waals surface area contributed by atoms with Gasteiger partial charge in [0.1, 0.15) is 0 Å². The van der Waals surface area contributed by atoms with E-state index in [2.05, 4.69) is 76.9 Å². The number of nitrogens with zero attached hydrogens (tertiary/aromatic N) is 2. The summed E-state index contributed by atoms with van der Waals surface area (Å²) in [4.78, 5) is 17.4. The number of carbonyl (C=O) groups excluding carboxylic acids is 1. The molecule has 7 heteroatoms. The molecule has 0 aromatic heterocycles. The van der Waals surface area contributed by atoms with Crippen LogP contribution in [-0.4, -0.2) is 44.9 Å². The maximum Gasteiger partial charge on any atom is 0.264 e. The molecule has 0 aliphatic carbocycles. The summed E-state index contributed by atoms with van der Waals surface area (Å²) in [5.41, 5.74) is 4.84. The van der Waals surface area contributed by atoms with Crippen molar-refractivity contribution >= 4 is 21.6 Å². The lowest BCUT2D eigenvalue weighted by molar-refractivity contribution is 0.0981. The van der Waals surface area contributed by atoms with Gasteiger partial charge in [-0.05, 0) is 52.9 Å². The minimum absolute atomic E-state index is 0.0799. The standard InChI is InChI=1S/C33H35N3O3S/c1-25(2)32-24-35(20-21-36(32)23-26-16-18-28(19-17-26)27-10-5-3-6-11-27)30-14-9-15-31(22-30)40(38,39)34-33(37)29-12-7-4-8-13-29/h3-19,22,25,32H,20-21,23-24H2,1-2H3,(H,34,37). The molecule has 206 valence electrons. The van der Waals surface area contributed by atoms with Crippen LogP contribution < -0.4 is 9.62 Å². The van der Waals surface area contributed by atoms with E-state index in [0.717, 1.165) is 31.9 Å². The van der Waals surface area contributed by atoms with Crippen LogP contribution in [0.15, 0.2) is 114 Å². The van der Waals surface area contributed by atoms with Gasteiger partial charge in [0, 0.05) is 43.5 Å². The van der Waals surface area contributed by atoms with Crippen LogP contribution in [-0.2, 0) is 16.6 Å². The molecule has 0 bridgehead atoms. The summed E-state index contributed by atoms with van der Waals surface area (Å²) in [7, 11) is -4.01. The van der Waals surface area contributed by atoms with E-state index in [4.69, 9.17) is 0 Å². The van der Waals surface area contributed by atoms with Crippen LogP contribution in [0.4, 0.5) is 5.69 Å². The Hall–Kier alpha value is -3.94. The Balaban J connectivity index is 1.27. The molecule has 4 aromatic carbocycles. The number of hydrogen-bond donors (Lipinski definition) is 1. The smallest absolute Gasteiger partial charge is 0.264 e. The second-order valence-corrected chi connectivity index (χ2v) is 12.3. The zero-order valence-corrected chi connectivity index (χ0v) is 23.7. The van der Waals surface area contributed by atoms with Crippen molar-refractivity contribution in [1.29, 1.82) is 0 Å². The van der Waals surface area contributed by atoms with Crippen molar-refractivity contribution in [2.24, 2.45) is 5.92 Å². The number of hydrogen-bond acceptors (Lipinski definition) is 5. The number of anilines is 1. The summed E-state index contributed by atoms with van der Waals surface area (Å²) in [6.07, 6.45) is 0. The molecular weight excluding hydrogens is 518 g/mol. The molecule has 1 heterocycles. The minimum atomic E-state index is -4.01. The van der Waals surface area contributed by atoms with Crippen LogP contribution in [0.1, 0.15) is 29.8 Å². The highest BCUT2D eigenvalue weighted by Crippen LogP contribution is 2.27. The first kappa shape index (κ1) is 27.6. The van der Waals surface area contributed by atoms with E-state index in [9.17, 15) is 13.2 Å². The zero-order chi connectivity index (χ0) is 28.1. The molecule has 40 heavy (non-hydrogen) atoms. The normalized spacial score (nSPS) is 16.2. The van der Waals surface area contributed by atoms with Crippen LogP contribution >= 0.6 is 0 Å². The summed E-state index contributed by atoms with van der Waals surface area (Å²) >= 11 is 0. The Morgan fingerprint density at radius 2 is 1.48 bits per heavy atom. The first-order valence-electron chi connectivity index (χ1n) is 13.7. The van der Waals surface area contributed by atoms with Gasteiger partial charge >= 0.3 is 0 Å². The summed E-state index contributed by atoms with van der Waals surface area (Å²) < 4.78 is 28.3. The van der Waals surface area contributed by atoms with Crippen molar-refractivity contribution in [3.8, 4) is 11.1 Å². The molecule has 1 aliphatic rings. The van der Waals surface area contributed by atoms with Crippen LogP contribution in [0.5, 0.6) is 0 Å². The first-order valence-corrected chi connectivity index (χ1v) is 15.1. The van der Waals surface area contributed by atoms with Gasteiger partial charge < -0.3 is 4.90 Å². The van der Waals surface area contributed by atoms with Gasteiger partial charge in [-0.2, -0.15) is 0 Å². The molecule has 0 saturated carbocycles. The van der Waals surface area contributed by atoms with Gasteiger partial charge in [-0.3, -0.25) is 9.69 Å². The van der Waals surface area contributed by atoms with Crippen molar-refractivity contribution in [2.45, 2.75) is 31.3 Å². The topological polar surface area (TPSA) is 69.7 Å². The number of sulfonamides is 1. The van der Waals surface area contributed by atoms with Gasteiger partial charge in [0.25, 0.3) is 15.9 Å². The Labute approximate surface area is 237 Å². The predicted molar refractivity (Wildman–Crippen MR) is 161 cm³/mol. The highest BCUT2D eigenvalue weighted by Gasteiger charge is 2.30. The summed E-state index contributed by atoms with van der Waals surface area (Å²) in [5, 5.41) is 0. The van der Waals surface area contributed by atoms with Crippen LogP contribution in [0.3, 0.4) is 0 Å². The highest BCUT2D eigenvalue weighted by atomic mass is 32.2. The average Bonchev–Trinajstić information content (AvgIpc) is 2.98. The maximum absolute atomic E-state index is 13.0. The Morgan fingerprint density at radius 3 is 2.15 bits per heavy atom. The van der Waals surface area contributed by atoms with Crippen LogP contribution in [0, 0.1) is 5.92 Å². The van der Waals surface area contributed by atoms with Gasteiger partial charge in [-0.25, -0.2) is 13.1 Å². The quantitative estimate of drug-likeness (QED) is 0.298. The van der Waals surface area contributed by atoms with Gasteiger partial charge in [0.2, 0.25) is 0 Å². The van der Waals surface area contributed by atoms with E-state index in [1.807, 2.05) is 12.1 Å². The van der Waals surface area contributed by atoms with E-state index < -0.39 is 15.9 Å². The van der Waals surface area contributed by atoms with Gasteiger partial charge in [-0.1, -0.05) is 92.7 Å². The molecule has 1 atom stereocenters. The molecule has 4 aromatic rings. The predicted octanol–water partition coefficient (Wildman–Crippen LogP) is 5.82. The number of carbonyl (C=O) groups is 1. The summed E-state index contributed by atoms with van der Waals surface area (Å²) in [6, 6.07) is 34.7. The lowest BCUT2D eigenvalue weighted by Gasteiger charge is -2.44. The number of amides is 1. The Bertz CT molecular complexity index is 1540. The molecule has 1 saturated heterocycles. The fourth-order valence-corrected chi connectivity index (χ4v) is 6.27. The number of nitrogens with one attached hydrogen (secondary N) is 1. The lowest BCUT2D eigenvalue weighted by atomic mass is 9.97. The third-order valence-corrected chi connectivity index (χ3v) is 8.83. The molecule has 1 amide bonds. The van der Waals surface area contributed by atoms with Crippen LogP contribution in [0.25, 0.3) is 11.1 Å². The second kappa shape index (κ2) is 12.1. The molecule has 1 N–H and O–H groups in total. The van der Waals surface area contributed by atoms with E-state index >= 15 is 0 Å². The first-order chi connectivity index (χ1) is 19.3. The molecule has 5 rings (SSSR count). The molecule has 1 fully saturated rings.